The number of aromatic nitrogens is 1. The van der Waals surface area contributed by atoms with Crippen molar-refractivity contribution in [2.45, 2.75) is 37.5 Å². The van der Waals surface area contributed by atoms with Crippen LogP contribution in [-0.4, -0.2) is 101 Å². The van der Waals surface area contributed by atoms with Gasteiger partial charge >= 0.3 is 17.9 Å². The van der Waals surface area contributed by atoms with Crippen molar-refractivity contribution in [1.82, 2.24) is 9.88 Å². The number of benzene rings is 2. The third kappa shape index (κ3) is 7.17. The lowest BCUT2D eigenvalue weighted by molar-refractivity contribution is -0.176. The second-order valence-corrected chi connectivity index (χ2v) is 12.6. The number of nitriles is 1. The number of esters is 2. The zero-order chi connectivity index (χ0) is 37.0. The summed E-state index contributed by atoms with van der Waals surface area (Å²) in [5, 5.41) is 16.8. The number of methoxy groups -OCH3 is 6. The van der Waals surface area contributed by atoms with Crippen LogP contribution in [0.3, 0.4) is 0 Å². The number of ether oxygens (including phenoxy) is 7. The summed E-state index contributed by atoms with van der Waals surface area (Å²) in [6, 6.07) is 10.8. The number of H-pyrrole nitrogens is 1. The normalized spacial score (nSPS) is 23.5. The molecule has 14 nitrogen and oxygen atoms in total. The number of carboxylic acid groups (broad SMARTS) is 1. The maximum absolute atomic E-state index is 13.5. The van der Waals surface area contributed by atoms with Gasteiger partial charge in [0.1, 0.15) is 29.6 Å². The number of fused-ring (bicyclic) bond motifs is 6. The molecule has 1 saturated heterocycles. The molecule has 51 heavy (non-hydrogen) atoms. The van der Waals surface area contributed by atoms with Gasteiger partial charge in [-0.3, -0.25) is 9.69 Å². The summed E-state index contributed by atoms with van der Waals surface area (Å²) in [5.74, 6) is -0.821. The molecule has 1 aliphatic carbocycles. The van der Waals surface area contributed by atoms with Crippen LogP contribution < -0.4 is 18.9 Å². The highest BCUT2D eigenvalue weighted by Gasteiger charge is 2.54. The third-order valence-corrected chi connectivity index (χ3v) is 10.2. The van der Waals surface area contributed by atoms with Gasteiger partial charge in [-0.2, -0.15) is 5.26 Å². The van der Waals surface area contributed by atoms with Crippen LogP contribution in [0.15, 0.2) is 42.5 Å². The lowest BCUT2D eigenvalue weighted by atomic mass is 9.63. The van der Waals surface area contributed by atoms with Gasteiger partial charge in [-0.25, -0.2) is 9.59 Å². The first kappa shape index (κ1) is 37.0. The van der Waals surface area contributed by atoms with E-state index in [0.717, 1.165) is 37.2 Å². The van der Waals surface area contributed by atoms with Crippen LogP contribution in [0.5, 0.6) is 23.0 Å². The molecule has 0 spiro atoms. The second-order valence-electron chi connectivity index (χ2n) is 12.6. The van der Waals surface area contributed by atoms with E-state index in [1.807, 2.05) is 12.1 Å². The summed E-state index contributed by atoms with van der Waals surface area (Å²) < 4.78 is 39.1. The maximum Gasteiger partial charge on any atom is 0.345 e. The van der Waals surface area contributed by atoms with Crippen LogP contribution in [0.25, 0.3) is 10.9 Å². The number of nitrogens with zero attached hydrogens (tertiary/aromatic N) is 2. The van der Waals surface area contributed by atoms with Gasteiger partial charge < -0.3 is 43.2 Å². The molecule has 0 unspecified atom stereocenters. The van der Waals surface area contributed by atoms with E-state index in [1.165, 1.54) is 51.2 Å². The molecule has 2 N–H and O–H groups in total. The highest BCUT2D eigenvalue weighted by atomic mass is 16.6. The van der Waals surface area contributed by atoms with Crippen molar-refractivity contribution >= 4 is 28.8 Å². The Balaban J connectivity index is 0.000000654. The Bertz CT molecular complexity index is 1820. The molecule has 3 aromatic rings. The summed E-state index contributed by atoms with van der Waals surface area (Å²) in [6.45, 7) is 4.59. The van der Waals surface area contributed by atoms with Crippen molar-refractivity contribution in [3.05, 3.63) is 59.3 Å². The fourth-order valence-electron chi connectivity index (χ4n) is 7.81. The van der Waals surface area contributed by atoms with Gasteiger partial charge in [-0.05, 0) is 60.9 Å². The predicted molar refractivity (Wildman–Crippen MR) is 183 cm³/mol. The minimum atomic E-state index is -1.26. The molecule has 14 heteroatoms. The standard InChI is InChI=1S/C33H40N2O9.C4H3NO2/c1-38-19-7-8-20-21-9-10-35-16-18-13-27(44-32(36)17-11-25(39-2)30(41-4)26(12-17)40-3)31(42-5)28(33(37)43-6)22(18)15-24(35)29(21)34-23(20)14-19;1-3(2-5)4(6)7/h7-8,11-12,14,18,22,24,27-28,31,34H,9-10,13,15-16H2,1-6H3;1H2,(H,6,7)/t18-,22+,24-,27-,28+,31+;/m1./s1. The van der Waals surface area contributed by atoms with E-state index >= 15 is 0 Å². The molecule has 3 aliphatic rings. The monoisotopic (exact) mass is 705 g/mol. The molecule has 2 fully saturated rings. The SMILES string of the molecule is C=C(C#N)C(=O)O.COC(=O)[C@H]1[C@H]2C[C@@H]3c4[nH]c5cc(OC)ccc5c4CCN3C[C@H]2C[C@@H](OC(=O)c2cc(OC)c(OC)c(OC)c2)[C@@H]1OC. The molecular weight excluding hydrogens is 662 g/mol. The van der Waals surface area contributed by atoms with Crippen LogP contribution in [0.2, 0.25) is 0 Å². The highest BCUT2D eigenvalue weighted by Crippen LogP contribution is 2.51. The Hall–Kier alpha value is -5.26. The average molecular weight is 706 g/mol. The number of hydrogen-bond donors (Lipinski definition) is 2. The van der Waals surface area contributed by atoms with E-state index in [4.69, 9.17) is 43.5 Å². The Labute approximate surface area is 295 Å². The number of carbonyl (C=O) groups excluding carboxylic acids is 2. The molecule has 0 bridgehead atoms. The van der Waals surface area contributed by atoms with Gasteiger partial charge in [0.05, 0.1) is 53.1 Å². The molecule has 3 heterocycles. The first-order chi connectivity index (χ1) is 24.5. The minimum absolute atomic E-state index is 0.0170. The second kappa shape index (κ2) is 15.7. The largest absolute Gasteiger partial charge is 0.497 e. The van der Waals surface area contributed by atoms with Crippen LogP contribution >= 0.6 is 0 Å². The van der Waals surface area contributed by atoms with Gasteiger partial charge in [0.2, 0.25) is 5.75 Å². The molecule has 272 valence electrons. The number of rotatable bonds is 9. The lowest BCUT2D eigenvalue weighted by Gasteiger charge is -2.52. The number of aromatic amines is 1. The van der Waals surface area contributed by atoms with Crippen LogP contribution in [0.4, 0.5) is 0 Å². The van der Waals surface area contributed by atoms with Gasteiger partial charge in [0.15, 0.2) is 11.5 Å². The Morgan fingerprint density at radius 1 is 0.980 bits per heavy atom. The zero-order valence-electron chi connectivity index (χ0n) is 29.5. The molecule has 6 atom stereocenters. The molecule has 2 aromatic carbocycles. The van der Waals surface area contributed by atoms with E-state index in [9.17, 15) is 14.4 Å². The van der Waals surface area contributed by atoms with Crippen molar-refractivity contribution < 1.29 is 52.6 Å². The summed E-state index contributed by atoms with van der Waals surface area (Å²) in [4.78, 5) is 42.8. The number of hydrogen-bond acceptors (Lipinski definition) is 12. The fourth-order valence-corrected chi connectivity index (χ4v) is 7.81. The van der Waals surface area contributed by atoms with Gasteiger partial charge in [-0.1, -0.05) is 6.58 Å². The van der Waals surface area contributed by atoms with Crippen molar-refractivity contribution in [1.29, 1.82) is 5.26 Å². The highest BCUT2D eigenvalue weighted by molar-refractivity contribution is 5.91. The van der Waals surface area contributed by atoms with Crippen molar-refractivity contribution in [3.63, 3.8) is 0 Å². The number of aliphatic carboxylic acids is 1. The number of piperidine rings is 1. The quantitative estimate of drug-likeness (QED) is 0.183. The van der Waals surface area contributed by atoms with Gasteiger partial charge in [-0.15, -0.1) is 0 Å². The van der Waals surface area contributed by atoms with E-state index in [-0.39, 0.29) is 29.4 Å². The number of carboxylic acids is 1. The van der Waals surface area contributed by atoms with Crippen LogP contribution in [0.1, 0.15) is 40.5 Å². The molecule has 0 amide bonds. The predicted octanol–water partition coefficient (Wildman–Crippen LogP) is 4.32. The van der Waals surface area contributed by atoms with Crippen LogP contribution in [-0.2, 0) is 30.2 Å². The molecule has 6 rings (SSSR count). The summed E-state index contributed by atoms with van der Waals surface area (Å²) in [5.41, 5.74) is 3.40. The molecule has 1 aromatic heterocycles. The maximum atomic E-state index is 13.5. The zero-order valence-corrected chi connectivity index (χ0v) is 29.5. The molecule has 0 radical (unpaired) electrons. The summed E-state index contributed by atoms with van der Waals surface area (Å²) in [6.07, 6.45) is 0.920. The van der Waals surface area contributed by atoms with Gasteiger partial charge in [0.25, 0.3) is 0 Å². The third-order valence-electron chi connectivity index (χ3n) is 10.2. The lowest BCUT2D eigenvalue weighted by Crippen LogP contribution is -2.58. The molecule has 2 aliphatic heterocycles. The smallest absolute Gasteiger partial charge is 0.345 e. The first-order valence-electron chi connectivity index (χ1n) is 16.4. The molecular formula is C37H43N3O11. The van der Waals surface area contributed by atoms with Crippen molar-refractivity contribution in [2.24, 2.45) is 17.8 Å². The van der Waals surface area contributed by atoms with E-state index < -0.39 is 35.6 Å². The molecule has 1 saturated carbocycles. The Kier molecular flexibility index (Phi) is 11.4. The number of carbonyl (C=O) groups is 3. The Morgan fingerprint density at radius 3 is 2.24 bits per heavy atom. The van der Waals surface area contributed by atoms with Crippen molar-refractivity contribution in [3.8, 4) is 29.1 Å². The van der Waals surface area contributed by atoms with E-state index in [0.29, 0.717) is 23.7 Å². The van der Waals surface area contributed by atoms with Crippen molar-refractivity contribution in [2.75, 3.05) is 55.7 Å². The fraction of sp³-hybridized carbons (Fsp3) is 0.459. The van der Waals surface area contributed by atoms with E-state index in [2.05, 4.69) is 22.5 Å². The number of nitrogens with one attached hydrogen (secondary N) is 1. The van der Waals surface area contributed by atoms with Gasteiger partial charge in [0, 0.05) is 42.9 Å². The average Bonchev–Trinajstić information content (AvgIpc) is 3.53. The summed E-state index contributed by atoms with van der Waals surface area (Å²) >= 11 is 0. The minimum Gasteiger partial charge on any atom is -0.497 e. The van der Waals surface area contributed by atoms with Crippen LogP contribution in [0, 0.1) is 29.1 Å². The first-order valence-corrected chi connectivity index (χ1v) is 16.4. The van der Waals surface area contributed by atoms with E-state index in [1.54, 1.807) is 26.4 Å². The topological polar surface area (TPSA) is 179 Å². The Morgan fingerprint density at radius 2 is 1.69 bits per heavy atom. The summed E-state index contributed by atoms with van der Waals surface area (Å²) in [7, 11) is 9.10.